The van der Waals surface area contributed by atoms with Crippen molar-refractivity contribution in [3.8, 4) is 5.75 Å². The lowest BCUT2D eigenvalue weighted by atomic mass is 9.91. The van der Waals surface area contributed by atoms with E-state index in [1.807, 2.05) is 12.1 Å². The number of carbonyl (C=O) groups excluding carboxylic acids is 1. The van der Waals surface area contributed by atoms with Crippen LogP contribution in [0.15, 0.2) is 36.4 Å². The number of nitrogens with one attached hydrogen (secondary N) is 1. The number of anilines is 1. The maximum absolute atomic E-state index is 13.6. The molecule has 1 N–H and O–H groups in total. The highest BCUT2D eigenvalue weighted by molar-refractivity contribution is 5.94. The van der Waals surface area contributed by atoms with E-state index >= 15 is 0 Å². The molecule has 3 rings (SSSR count). The highest BCUT2D eigenvalue weighted by atomic mass is 19.1. The maximum Gasteiger partial charge on any atom is 0.265 e. The summed E-state index contributed by atoms with van der Waals surface area (Å²) in [4.78, 5) is 12.2. The quantitative estimate of drug-likeness (QED) is 0.909. The van der Waals surface area contributed by atoms with Gasteiger partial charge in [0.1, 0.15) is 17.4 Å². The van der Waals surface area contributed by atoms with E-state index in [1.54, 1.807) is 6.92 Å². The minimum Gasteiger partial charge on any atom is -0.481 e. The fraction of sp³-hybridized carbons (Fsp3) is 0.316. The van der Waals surface area contributed by atoms with E-state index in [0.717, 1.165) is 43.4 Å². The lowest BCUT2D eigenvalue weighted by Crippen LogP contribution is -2.31. The second-order valence-corrected chi connectivity index (χ2v) is 5.97. The van der Waals surface area contributed by atoms with Crippen molar-refractivity contribution in [3.63, 3.8) is 0 Å². The lowest BCUT2D eigenvalue weighted by molar-refractivity contribution is -0.122. The van der Waals surface area contributed by atoms with E-state index in [0.29, 0.717) is 5.75 Å². The van der Waals surface area contributed by atoms with Crippen LogP contribution in [0.5, 0.6) is 5.75 Å². The van der Waals surface area contributed by atoms with Crippen LogP contribution in [0.3, 0.4) is 0 Å². The summed E-state index contributed by atoms with van der Waals surface area (Å²) >= 11 is 0. The number of carbonyl (C=O) groups is 1. The molecule has 126 valence electrons. The van der Waals surface area contributed by atoms with Crippen molar-refractivity contribution in [2.75, 3.05) is 5.32 Å². The Morgan fingerprint density at radius 3 is 2.75 bits per heavy atom. The third-order valence-electron chi connectivity index (χ3n) is 4.21. The van der Waals surface area contributed by atoms with Gasteiger partial charge in [0.2, 0.25) is 0 Å². The molecular formula is C19H19F2NO2. The predicted octanol–water partition coefficient (Wildman–Crippen LogP) is 4.25. The molecule has 2 aromatic rings. The number of rotatable bonds is 4. The van der Waals surface area contributed by atoms with Crippen LogP contribution in [0.1, 0.15) is 30.9 Å². The zero-order valence-corrected chi connectivity index (χ0v) is 13.4. The Bertz CT molecular complexity index is 761. The maximum atomic E-state index is 13.6. The van der Waals surface area contributed by atoms with Crippen LogP contribution in [0.25, 0.3) is 0 Å². The predicted molar refractivity (Wildman–Crippen MR) is 88.2 cm³/mol. The summed E-state index contributed by atoms with van der Waals surface area (Å²) in [6.07, 6.45) is 3.44. The summed E-state index contributed by atoms with van der Waals surface area (Å²) in [5, 5.41) is 2.43. The number of benzene rings is 2. The molecule has 1 aliphatic rings. The second-order valence-electron chi connectivity index (χ2n) is 5.97. The van der Waals surface area contributed by atoms with Crippen molar-refractivity contribution in [1.82, 2.24) is 0 Å². The van der Waals surface area contributed by atoms with Crippen LogP contribution < -0.4 is 10.1 Å². The Morgan fingerprint density at radius 2 is 1.96 bits per heavy atom. The van der Waals surface area contributed by atoms with Gasteiger partial charge in [-0.05, 0) is 61.9 Å². The first kappa shape index (κ1) is 16.4. The Balaban J connectivity index is 1.71. The van der Waals surface area contributed by atoms with Gasteiger partial charge in [0.25, 0.3) is 5.91 Å². The Kier molecular flexibility index (Phi) is 4.79. The molecule has 1 unspecified atom stereocenters. The molecule has 0 saturated carbocycles. The van der Waals surface area contributed by atoms with Gasteiger partial charge < -0.3 is 10.1 Å². The second kappa shape index (κ2) is 6.99. The molecule has 0 spiro atoms. The molecule has 24 heavy (non-hydrogen) atoms. The summed E-state index contributed by atoms with van der Waals surface area (Å²) in [7, 11) is 0. The van der Waals surface area contributed by atoms with Crippen molar-refractivity contribution in [3.05, 3.63) is 59.2 Å². The smallest absolute Gasteiger partial charge is 0.265 e. The van der Waals surface area contributed by atoms with Crippen LogP contribution in [0, 0.1) is 11.6 Å². The number of amides is 1. The topological polar surface area (TPSA) is 38.3 Å². The SMILES string of the molecule is CC(Oc1cccc2c1CCCC2)C(=O)Nc1ccc(F)cc1F. The first-order chi connectivity index (χ1) is 11.5. The monoisotopic (exact) mass is 331 g/mol. The zero-order valence-electron chi connectivity index (χ0n) is 13.4. The summed E-state index contributed by atoms with van der Waals surface area (Å²) < 4.78 is 32.3. The molecule has 1 aliphatic carbocycles. The standard InChI is InChI=1S/C19H19F2NO2/c1-12(19(23)22-17-10-9-14(20)11-16(17)21)24-18-8-4-6-13-5-2-3-7-15(13)18/h4,6,8-12H,2-3,5,7H2,1H3,(H,22,23). The van der Waals surface area contributed by atoms with Gasteiger partial charge in [-0.15, -0.1) is 0 Å². The average Bonchev–Trinajstić information content (AvgIpc) is 2.57. The van der Waals surface area contributed by atoms with Crippen molar-refractivity contribution in [1.29, 1.82) is 0 Å². The van der Waals surface area contributed by atoms with Gasteiger partial charge >= 0.3 is 0 Å². The zero-order chi connectivity index (χ0) is 17.1. The summed E-state index contributed by atoms with van der Waals surface area (Å²) in [5.74, 6) is -1.28. The van der Waals surface area contributed by atoms with Gasteiger partial charge in [-0.25, -0.2) is 8.78 Å². The van der Waals surface area contributed by atoms with E-state index in [-0.39, 0.29) is 5.69 Å². The van der Waals surface area contributed by atoms with Crippen LogP contribution in [0.4, 0.5) is 14.5 Å². The number of ether oxygens (including phenoxy) is 1. The molecule has 1 atom stereocenters. The number of hydrogen-bond donors (Lipinski definition) is 1. The van der Waals surface area contributed by atoms with Gasteiger partial charge in [0, 0.05) is 6.07 Å². The molecule has 5 heteroatoms. The first-order valence-corrected chi connectivity index (χ1v) is 8.08. The van der Waals surface area contributed by atoms with E-state index < -0.39 is 23.6 Å². The molecule has 1 amide bonds. The van der Waals surface area contributed by atoms with Crippen LogP contribution in [0.2, 0.25) is 0 Å². The molecular weight excluding hydrogens is 312 g/mol. The van der Waals surface area contributed by atoms with E-state index in [2.05, 4.69) is 11.4 Å². The normalized spacial score (nSPS) is 14.6. The summed E-state index contributed by atoms with van der Waals surface area (Å²) in [5.41, 5.74) is 2.35. The average molecular weight is 331 g/mol. The third-order valence-corrected chi connectivity index (χ3v) is 4.21. The van der Waals surface area contributed by atoms with Crippen LogP contribution in [-0.4, -0.2) is 12.0 Å². The fourth-order valence-electron chi connectivity index (χ4n) is 2.93. The van der Waals surface area contributed by atoms with Gasteiger partial charge in [0.05, 0.1) is 5.69 Å². The van der Waals surface area contributed by atoms with Crippen molar-refractivity contribution in [2.24, 2.45) is 0 Å². The van der Waals surface area contributed by atoms with E-state index in [1.165, 1.54) is 11.6 Å². The number of halogens is 2. The molecule has 0 radical (unpaired) electrons. The molecule has 0 saturated heterocycles. The highest BCUT2D eigenvalue weighted by Crippen LogP contribution is 2.30. The Morgan fingerprint density at radius 1 is 1.17 bits per heavy atom. The van der Waals surface area contributed by atoms with Gasteiger partial charge in [0.15, 0.2) is 6.10 Å². The molecule has 2 aromatic carbocycles. The van der Waals surface area contributed by atoms with Crippen molar-refractivity contribution >= 4 is 11.6 Å². The van der Waals surface area contributed by atoms with E-state index in [4.69, 9.17) is 4.74 Å². The minimum absolute atomic E-state index is 0.0630. The van der Waals surface area contributed by atoms with Crippen molar-refractivity contribution in [2.45, 2.75) is 38.7 Å². The van der Waals surface area contributed by atoms with Gasteiger partial charge in [-0.1, -0.05) is 12.1 Å². The molecule has 0 aromatic heterocycles. The molecule has 0 aliphatic heterocycles. The van der Waals surface area contributed by atoms with Gasteiger partial charge in [-0.2, -0.15) is 0 Å². The number of aryl methyl sites for hydroxylation is 1. The highest BCUT2D eigenvalue weighted by Gasteiger charge is 2.20. The molecule has 3 nitrogen and oxygen atoms in total. The Labute approximate surface area is 139 Å². The number of fused-ring (bicyclic) bond motifs is 1. The molecule has 0 heterocycles. The Hall–Kier alpha value is -2.43. The van der Waals surface area contributed by atoms with Crippen LogP contribution >= 0.6 is 0 Å². The summed E-state index contributed by atoms with van der Waals surface area (Å²) in [6, 6.07) is 8.88. The summed E-state index contributed by atoms with van der Waals surface area (Å²) in [6.45, 7) is 1.61. The fourth-order valence-corrected chi connectivity index (χ4v) is 2.93. The van der Waals surface area contributed by atoms with Crippen molar-refractivity contribution < 1.29 is 18.3 Å². The van der Waals surface area contributed by atoms with Crippen LogP contribution in [-0.2, 0) is 17.6 Å². The molecule has 0 fully saturated rings. The first-order valence-electron chi connectivity index (χ1n) is 8.08. The lowest BCUT2D eigenvalue weighted by Gasteiger charge is -2.22. The minimum atomic E-state index is -0.812. The largest absolute Gasteiger partial charge is 0.481 e. The molecule has 0 bridgehead atoms. The number of hydrogen-bond acceptors (Lipinski definition) is 2. The van der Waals surface area contributed by atoms with E-state index in [9.17, 15) is 13.6 Å². The third kappa shape index (κ3) is 3.55. The van der Waals surface area contributed by atoms with Gasteiger partial charge in [-0.3, -0.25) is 4.79 Å².